The Morgan fingerprint density at radius 2 is 2.04 bits per heavy atom. The molecule has 2 N–H and O–H groups in total. The maximum atomic E-state index is 12.2. The summed E-state index contributed by atoms with van der Waals surface area (Å²) in [5.41, 5.74) is 2.10. The fraction of sp³-hybridized carbons (Fsp3) is 0.444. The van der Waals surface area contributed by atoms with Crippen molar-refractivity contribution in [2.75, 3.05) is 5.32 Å². The van der Waals surface area contributed by atoms with E-state index >= 15 is 0 Å². The third-order valence-corrected chi connectivity index (χ3v) is 4.59. The van der Waals surface area contributed by atoms with E-state index in [0.29, 0.717) is 11.6 Å². The van der Waals surface area contributed by atoms with E-state index in [1.165, 1.54) is 11.3 Å². The summed E-state index contributed by atoms with van der Waals surface area (Å²) in [4.78, 5) is 24.0. The number of rotatable bonds is 8. The van der Waals surface area contributed by atoms with Gasteiger partial charge in [-0.2, -0.15) is 0 Å². The number of carbonyl (C=O) groups is 2. The van der Waals surface area contributed by atoms with Crippen LogP contribution in [0.5, 0.6) is 0 Å². The van der Waals surface area contributed by atoms with Crippen LogP contribution in [0.2, 0.25) is 0 Å². The number of hydrogen-bond donors (Lipinski definition) is 2. The van der Waals surface area contributed by atoms with Crippen LogP contribution in [0.3, 0.4) is 0 Å². The number of unbranched alkanes of at least 4 members (excludes halogenated alkanes) is 2. The fourth-order valence-electron chi connectivity index (χ4n) is 2.30. The van der Waals surface area contributed by atoms with Crippen LogP contribution in [0, 0.1) is 6.92 Å². The van der Waals surface area contributed by atoms with Crippen LogP contribution in [0.1, 0.15) is 45.1 Å². The van der Waals surface area contributed by atoms with E-state index in [-0.39, 0.29) is 11.8 Å². The highest BCUT2D eigenvalue weighted by atomic mass is 32.1. The summed E-state index contributed by atoms with van der Waals surface area (Å²) in [7, 11) is 0. The van der Waals surface area contributed by atoms with Gasteiger partial charge in [0.15, 0.2) is 0 Å². The molecule has 0 saturated carbocycles. The van der Waals surface area contributed by atoms with Gasteiger partial charge in [-0.3, -0.25) is 14.9 Å². The van der Waals surface area contributed by atoms with E-state index in [1.807, 2.05) is 31.2 Å². The Kier molecular flexibility index (Phi) is 7.06. The van der Waals surface area contributed by atoms with Crippen molar-refractivity contribution in [2.45, 2.75) is 52.5 Å². The molecular formula is C18H24N4O2S. The molecule has 0 saturated heterocycles. The minimum absolute atomic E-state index is 0.103. The second kappa shape index (κ2) is 9.27. The van der Waals surface area contributed by atoms with Gasteiger partial charge in [-0.1, -0.05) is 54.9 Å². The molecule has 1 heterocycles. The summed E-state index contributed by atoms with van der Waals surface area (Å²) in [6, 6.07) is 7.34. The second-order valence-corrected chi connectivity index (χ2v) is 6.99. The monoisotopic (exact) mass is 360 g/mol. The van der Waals surface area contributed by atoms with Crippen molar-refractivity contribution in [1.82, 2.24) is 15.5 Å². The molecule has 6 nitrogen and oxygen atoms in total. The van der Waals surface area contributed by atoms with Crippen molar-refractivity contribution < 1.29 is 9.59 Å². The van der Waals surface area contributed by atoms with E-state index in [1.54, 1.807) is 6.92 Å². The van der Waals surface area contributed by atoms with Crippen LogP contribution >= 0.6 is 11.3 Å². The Bertz CT molecular complexity index is 729. The van der Waals surface area contributed by atoms with Gasteiger partial charge in [-0.15, -0.1) is 10.2 Å². The lowest BCUT2D eigenvalue weighted by Crippen LogP contribution is -2.41. The molecule has 0 fully saturated rings. The Morgan fingerprint density at radius 3 is 2.76 bits per heavy atom. The van der Waals surface area contributed by atoms with Crippen molar-refractivity contribution >= 4 is 28.3 Å². The predicted octanol–water partition coefficient (Wildman–Crippen LogP) is 3.54. The number of hydrogen-bond acceptors (Lipinski definition) is 5. The molecule has 2 aromatic rings. The zero-order valence-electron chi connectivity index (χ0n) is 14.8. The van der Waals surface area contributed by atoms with Gasteiger partial charge in [0, 0.05) is 12.0 Å². The van der Waals surface area contributed by atoms with E-state index in [4.69, 9.17) is 0 Å². The van der Waals surface area contributed by atoms with Crippen LogP contribution in [-0.4, -0.2) is 28.1 Å². The third-order valence-electron chi connectivity index (χ3n) is 3.70. The molecular weight excluding hydrogens is 336 g/mol. The normalized spacial score (nSPS) is 11.8. The highest BCUT2D eigenvalue weighted by Crippen LogP contribution is 2.26. The summed E-state index contributed by atoms with van der Waals surface area (Å²) in [6.07, 6.45) is 3.36. The highest BCUT2D eigenvalue weighted by molar-refractivity contribution is 7.18. The molecule has 0 unspecified atom stereocenters. The number of benzene rings is 1. The Hall–Kier alpha value is -2.28. The largest absolute Gasteiger partial charge is 0.345 e. The summed E-state index contributed by atoms with van der Waals surface area (Å²) >= 11 is 1.31. The zero-order chi connectivity index (χ0) is 18.2. The van der Waals surface area contributed by atoms with Crippen molar-refractivity contribution in [3.63, 3.8) is 0 Å². The standard InChI is InChI=1S/C18H24N4O2S/c1-4-5-6-10-15(23)19-13(3)16(24)20-18-22-21-17(25-18)14-9-7-8-12(2)11-14/h7-9,11,13H,4-6,10H2,1-3H3,(H,19,23)(H,20,22,24)/t13-/m1/s1. The summed E-state index contributed by atoms with van der Waals surface area (Å²) in [5, 5.41) is 14.7. The van der Waals surface area contributed by atoms with E-state index in [9.17, 15) is 9.59 Å². The zero-order valence-corrected chi connectivity index (χ0v) is 15.7. The topological polar surface area (TPSA) is 84.0 Å². The van der Waals surface area contributed by atoms with E-state index in [0.717, 1.165) is 35.4 Å². The number of nitrogens with one attached hydrogen (secondary N) is 2. The SMILES string of the molecule is CCCCCC(=O)N[C@H](C)C(=O)Nc1nnc(-c2cccc(C)c2)s1. The molecule has 2 amide bonds. The predicted molar refractivity (Wildman–Crippen MR) is 100 cm³/mol. The molecule has 7 heteroatoms. The van der Waals surface area contributed by atoms with E-state index in [2.05, 4.69) is 27.8 Å². The summed E-state index contributed by atoms with van der Waals surface area (Å²) in [5.74, 6) is -0.399. The van der Waals surface area contributed by atoms with Gasteiger partial charge in [-0.05, 0) is 26.3 Å². The van der Waals surface area contributed by atoms with Crippen molar-refractivity contribution in [2.24, 2.45) is 0 Å². The van der Waals surface area contributed by atoms with Gasteiger partial charge in [0.1, 0.15) is 11.0 Å². The van der Waals surface area contributed by atoms with E-state index < -0.39 is 6.04 Å². The van der Waals surface area contributed by atoms with Crippen LogP contribution in [-0.2, 0) is 9.59 Å². The summed E-state index contributed by atoms with van der Waals surface area (Å²) < 4.78 is 0. The number of amides is 2. The third kappa shape index (κ3) is 5.94. The first-order valence-corrected chi connectivity index (χ1v) is 9.32. The molecule has 0 bridgehead atoms. The van der Waals surface area contributed by atoms with Crippen LogP contribution in [0.4, 0.5) is 5.13 Å². The quantitative estimate of drug-likeness (QED) is 0.705. The lowest BCUT2D eigenvalue weighted by Gasteiger charge is -2.12. The molecule has 1 aromatic carbocycles. The van der Waals surface area contributed by atoms with Crippen LogP contribution in [0.25, 0.3) is 10.6 Å². The fourth-order valence-corrected chi connectivity index (χ4v) is 3.04. The number of nitrogens with zero attached hydrogens (tertiary/aromatic N) is 2. The van der Waals surface area contributed by atoms with Gasteiger partial charge in [0.05, 0.1) is 0 Å². The lowest BCUT2D eigenvalue weighted by molar-refractivity contribution is -0.126. The second-order valence-electron chi connectivity index (χ2n) is 6.02. The average Bonchev–Trinajstić information content (AvgIpc) is 3.03. The van der Waals surface area contributed by atoms with Crippen molar-refractivity contribution in [3.8, 4) is 10.6 Å². The van der Waals surface area contributed by atoms with Gasteiger partial charge in [0.2, 0.25) is 16.9 Å². The number of aromatic nitrogens is 2. The minimum Gasteiger partial charge on any atom is -0.345 e. The molecule has 1 atom stereocenters. The van der Waals surface area contributed by atoms with Gasteiger partial charge in [0.25, 0.3) is 0 Å². The van der Waals surface area contributed by atoms with Crippen molar-refractivity contribution in [3.05, 3.63) is 29.8 Å². The van der Waals surface area contributed by atoms with Gasteiger partial charge >= 0.3 is 0 Å². The highest BCUT2D eigenvalue weighted by Gasteiger charge is 2.17. The molecule has 0 radical (unpaired) electrons. The molecule has 134 valence electrons. The Morgan fingerprint density at radius 1 is 1.24 bits per heavy atom. The Labute approximate surface area is 152 Å². The molecule has 25 heavy (non-hydrogen) atoms. The number of aryl methyl sites for hydroxylation is 1. The first kappa shape index (κ1) is 19.1. The number of anilines is 1. The maximum absolute atomic E-state index is 12.2. The summed E-state index contributed by atoms with van der Waals surface area (Å²) in [6.45, 7) is 5.76. The molecule has 1 aromatic heterocycles. The molecule has 2 rings (SSSR count). The first-order valence-electron chi connectivity index (χ1n) is 8.50. The molecule has 0 aliphatic rings. The Balaban J connectivity index is 1.89. The van der Waals surface area contributed by atoms with Gasteiger partial charge in [-0.25, -0.2) is 0 Å². The van der Waals surface area contributed by atoms with Gasteiger partial charge < -0.3 is 5.32 Å². The lowest BCUT2D eigenvalue weighted by atomic mass is 10.1. The van der Waals surface area contributed by atoms with Crippen LogP contribution < -0.4 is 10.6 Å². The maximum Gasteiger partial charge on any atom is 0.248 e. The molecule has 0 spiro atoms. The first-order chi connectivity index (χ1) is 12.0. The number of carbonyl (C=O) groups excluding carboxylic acids is 2. The smallest absolute Gasteiger partial charge is 0.248 e. The van der Waals surface area contributed by atoms with Crippen LogP contribution in [0.15, 0.2) is 24.3 Å². The molecule has 0 aliphatic carbocycles. The minimum atomic E-state index is -0.611. The average molecular weight is 360 g/mol. The molecule has 0 aliphatic heterocycles. The van der Waals surface area contributed by atoms with Crippen molar-refractivity contribution in [1.29, 1.82) is 0 Å².